The molecule has 0 saturated heterocycles. The maximum absolute atomic E-state index is 11.9. The average molecular weight is 289 g/mol. The number of nitrogens with one attached hydrogen (secondary N) is 1. The van der Waals surface area contributed by atoms with Crippen LogP contribution in [0.1, 0.15) is 35.8 Å². The van der Waals surface area contributed by atoms with Gasteiger partial charge in [-0.2, -0.15) is 0 Å². The zero-order valence-corrected chi connectivity index (χ0v) is 11.9. The predicted octanol–water partition coefficient (Wildman–Crippen LogP) is 1.89. The Labute approximate surface area is 123 Å². The average Bonchev–Trinajstić information content (AvgIpc) is 3.01. The van der Waals surface area contributed by atoms with Crippen molar-refractivity contribution in [3.05, 3.63) is 48.2 Å². The van der Waals surface area contributed by atoms with E-state index in [0.29, 0.717) is 25.5 Å². The highest BCUT2D eigenvalue weighted by Crippen LogP contribution is 2.12. The fourth-order valence-corrected chi connectivity index (χ4v) is 1.68. The summed E-state index contributed by atoms with van der Waals surface area (Å²) in [5, 5.41) is 2.71. The smallest absolute Gasteiger partial charge is 0.273 e. The van der Waals surface area contributed by atoms with Crippen molar-refractivity contribution >= 4 is 5.91 Å². The minimum absolute atomic E-state index is 0.230. The molecule has 1 amide bonds. The van der Waals surface area contributed by atoms with Gasteiger partial charge in [-0.3, -0.25) is 4.79 Å². The molecule has 6 heteroatoms. The van der Waals surface area contributed by atoms with Gasteiger partial charge in [0.15, 0.2) is 5.69 Å². The van der Waals surface area contributed by atoms with Crippen LogP contribution in [0, 0.1) is 0 Å². The van der Waals surface area contributed by atoms with E-state index in [2.05, 4.69) is 10.3 Å². The largest absolute Gasteiger partial charge is 0.492 e. The predicted molar refractivity (Wildman–Crippen MR) is 78.0 cm³/mol. The number of amides is 1. The van der Waals surface area contributed by atoms with Crippen molar-refractivity contribution in [2.75, 3.05) is 13.2 Å². The van der Waals surface area contributed by atoms with Gasteiger partial charge in [-0.1, -0.05) is 25.1 Å². The Morgan fingerprint density at radius 1 is 1.43 bits per heavy atom. The number of rotatable bonds is 7. The van der Waals surface area contributed by atoms with Crippen molar-refractivity contribution in [3.8, 4) is 5.75 Å². The number of carbonyl (C=O) groups excluding carboxylic acids is 1. The van der Waals surface area contributed by atoms with Crippen LogP contribution < -0.4 is 15.8 Å². The van der Waals surface area contributed by atoms with Crippen LogP contribution in [0.2, 0.25) is 0 Å². The first kappa shape index (κ1) is 15.1. The topological polar surface area (TPSA) is 90.4 Å². The van der Waals surface area contributed by atoms with Crippen LogP contribution in [0.3, 0.4) is 0 Å². The molecule has 1 atom stereocenters. The lowest BCUT2D eigenvalue weighted by Crippen LogP contribution is -2.28. The molecule has 1 aromatic carbocycles. The van der Waals surface area contributed by atoms with Crippen molar-refractivity contribution in [3.63, 3.8) is 0 Å². The Hall–Kier alpha value is -2.34. The molecule has 6 nitrogen and oxygen atoms in total. The number of para-hydroxylation sites is 1. The molecule has 0 aliphatic rings. The van der Waals surface area contributed by atoms with E-state index in [9.17, 15) is 4.79 Å². The molecule has 0 spiro atoms. The zero-order valence-electron chi connectivity index (χ0n) is 11.9. The standard InChI is InChI=1S/C15H19N3O3/c1-2-12(16)15-18-13(10-21-15)14(19)17-8-9-20-11-6-4-3-5-7-11/h3-7,10,12H,2,8-9,16H2,1H3,(H,17,19). The number of carbonyl (C=O) groups is 1. The molecule has 0 bridgehead atoms. The molecule has 0 saturated carbocycles. The summed E-state index contributed by atoms with van der Waals surface area (Å²) in [4.78, 5) is 15.9. The number of oxazole rings is 1. The number of ether oxygens (including phenoxy) is 1. The maximum atomic E-state index is 11.9. The molecule has 0 aliphatic heterocycles. The van der Waals surface area contributed by atoms with E-state index >= 15 is 0 Å². The minimum atomic E-state index is -0.301. The van der Waals surface area contributed by atoms with Crippen molar-refractivity contribution in [1.82, 2.24) is 10.3 Å². The van der Waals surface area contributed by atoms with E-state index in [-0.39, 0.29) is 17.6 Å². The number of aromatic nitrogens is 1. The van der Waals surface area contributed by atoms with Crippen LogP contribution in [-0.4, -0.2) is 24.0 Å². The Morgan fingerprint density at radius 3 is 2.90 bits per heavy atom. The van der Waals surface area contributed by atoms with Crippen LogP contribution in [-0.2, 0) is 0 Å². The van der Waals surface area contributed by atoms with Gasteiger partial charge in [-0.25, -0.2) is 4.98 Å². The summed E-state index contributed by atoms with van der Waals surface area (Å²) < 4.78 is 10.7. The van der Waals surface area contributed by atoms with Gasteiger partial charge in [0.1, 0.15) is 18.6 Å². The molecule has 1 unspecified atom stereocenters. The van der Waals surface area contributed by atoms with Gasteiger partial charge in [0, 0.05) is 0 Å². The molecule has 1 aromatic heterocycles. The monoisotopic (exact) mass is 289 g/mol. The van der Waals surface area contributed by atoms with E-state index in [1.807, 2.05) is 37.3 Å². The van der Waals surface area contributed by atoms with Crippen LogP contribution in [0.4, 0.5) is 0 Å². The summed E-state index contributed by atoms with van der Waals surface area (Å²) in [6.07, 6.45) is 2.02. The third kappa shape index (κ3) is 4.32. The van der Waals surface area contributed by atoms with Gasteiger partial charge < -0.3 is 20.2 Å². The highest BCUT2D eigenvalue weighted by molar-refractivity contribution is 5.91. The first-order valence-electron chi connectivity index (χ1n) is 6.87. The van der Waals surface area contributed by atoms with E-state index in [1.165, 1.54) is 6.26 Å². The highest BCUT2D eigenvalue weighted by Gasteiger charge is 2.15. The normalized spacial score (nSPS) is 11.9. The Balaban J connectivity index is 1.75. The van der Waals surface area contributed by atoms with Gasteiger partial charge in [-0.15, -0.1) is 0 Å². The van der Waals surface area contributed by atoms with Gasteiger partial charge in [0.25, 0.3) is 5.91 Å². The lowest BCUT2D eigenvalue weighted by molar-refractivity contribution is 0.0942. The molecule has 21 heavy (non-hydrogen) atoms. The fraction of sp³-hybridized carbons (Fsp3) is 0.333. The van der Waals surface area contributed by atoms with Gasteiger partial charge in [0.2, 0.25) is 5.89 Å². The highest BCUT2D eigenvalue weighted by atomic mass is 16.5. The first-order valence-corrected chi connectivity index (χ1v) is 6.87. The fourth-order valence-electron chi connectivity index (χ4n) is 1.68. The molecular weight excluding hydrogens is 270 g/mol. The van der Waals surface area contributed by atoms with E-state index in [4.69, 9.17) is 14.9 Å². The first-order chi connectivity index (χ1) is 10.2. The number of nitrogens with zero attached hydrogens (tertiary/aromatic N) is 1. The van der Waals surface area contributed by atoms with Gasteiger partial charge in [-0.05, 0) is 18.6 Å². The molecule has 0 fully saturated rings. The summed E-state index contributed by atoms with van der Waals surface area (Å²) in [7, 11) is 0. The van der Waals surface area contributed by atoms with Crippen LogP contribution in [0.15, 0.2) is 41.0 Å². The molecular formula is C15H19N3O3. The summed E-state index contributed by atoms with van der Waals surface area (Å²) in [5.41, 5.74) is 6.02. The second-order valence-electron chi connectivity index (χ2n) is 4.50. The van der Waals surface area contributed by atoms with Crippen molar-refractivity contribution in [2.24, 2.45) is 5.73 Å². The lowest BCUT2D eigenvalue weighted by Gasteiger charge is -2.06. The second-order valence-corrected chi connectivity index (χ2v) is 4.50. The molecule has 1 heterocycles. The SMILES string of the molecule is CCC(N)c1nc(C(=O)NCCOc2ccccc2)co1. The third-order valence-electron chi connectivity index (χ3n) is 2.91. The number of hydrogen-bond acceptors (Lipinski definition) is 5. The van der Waals surface area contributed by atoms with E-state index < -0.39 is 0 Å². The summed E-state index contributed by atoms with van der Waals surface area (Å²) in [6, 6.07) is 9.13. The summed E-state index contributed by atoms with van der Waals surface area (Å²) in [6.45, 7) is 2.69. The quantitative estimate of drug-likeness (QED) is 0.760. The van der Waals surface area contributed by atoms with Gasteiger partial charge in [0.05, 0.1) is 12.6 Å². The summed E-state index contributed by atoms with van der Waals surface area (Å²) >= 11 is 0. The Morgan fingerprint density at radius 2 is 2.19 bits per heavy atom. The van der Waals surface area contributed by atoms with Crippen LogP contribution >= 0.6 is 0 Å². The number of benzene rings is 1. The molecule has 2 aromatic rings. The van der Waals surface area contributed by atoms with Crippen LogP contribution in [0.25, 0.3) is 0 Å². The molecule has 112 valence electrons. The van der Waals surface area contributed by atoms with Crippen molar-refractivity contribution in [1.29, 1.82) is 0 Å². The minimum Gasteiger partial charge on any atom is -0.492 e. The van der Waals surface area contributed by atoms with Crippen molar-refractivity contribution < 1.29 is 13.9 Å². The molecule has 2 rings (SSSR count). The zero-order chi connectivity index (χ0) is 15.1. The van der Waals surface area contributed by atoms with Crippen molar-refractivity contribution in [2.45, 2.75) is 19.4 Å². The Bertz CT molecular complexity index is 569. The summed E-state index contributed by atoms with van der Waals surface area (Å²) in [5.74, 6) is 0.845. The lowest BCUT2D eigenvalue weighted by atomic mass is 10.2. The van der Waals surface area contributed by atoms with Gasteiger partial charge >= 0.3 is 0 Å². The number of hydrogen-bond donors (Lipinski definition) is 2. The maximum Gasteiger partial charge on any atom is 0.273 e. The second kappa shape index (κ2) is 7.44. The molecule has 0 aliphatic carbocycles. The third-order valence-corrected chi connectivity index (χ3v) is 2.91. The molecule has 3 N–H and O–H groups in total. The Kier molecular flexibility index (Phi) is 5.34. The van der Waals surface area contributed by atoms with Crippen LogP contribution in [0.5, 0.6) is 5.75 Å². The number of nitrogens with two attached hydrogens (primary N) is 1. The van der Waals surface area contributed by atoms with E-state index in [0.717, 1.165) is 5.75 Å². The molecule has 0 radical (unpaired) electrons. The van der Waals surface area contributed by atoms with E-state index in [1.54, 1.807) is 0 Å².